The molecule has 0 saturated carbocycles. The van der Waals surface area contributed by atoms with Crippen molar-refractivity contribution < 1.29 is 4.79 Å². The molecule has 1 aromatic carbocycles. The van der Waals surface area contributed by atoms with E-state index in [1.165, 1.54) is 12.7 Å². The maximum atomic E-state index is 12.0. The zero-order chi connectivity index (χ0) is 12.4. The molecule has 0 bridgehead atoms. The first-order valence-electron chi connectivity index (χ1n) is 5.40. The van der Waals surface area contributed by atoms with Crippen molar-refractivity contribution in [2.45, 2.75) is 6.04 Å². The summed E-state index contributed by atoms with van der Waals surface area (Å²) in [7, 11) is 0. The van der Waals surface area contributed by atoms with Crippen molar-refractivity contribution in [3.05, 3.63) is 35.9 Å². The third-order valence-corrected chi connectivity index (χ3v) is 2.57. The van der Waals surface area contributed by atoms with Gasteiger partial charge >= 0.3 is 0 Å². The highest BCUT2D eigenvalue weighted by molar-refractivity contribution is 6.23. The largest absolute Gasteiger partial charge is 0.308 e. The highest BCUT2D eigenvalue weighted by Gasteiger charge is 2.27. The highest BCUT2D eigenvalue weighted by atomic mass is 16.1. The second-order valence-corrected chi connectivity index (χ2v) is 3.73. The van der Waals surface area contributed by atoms with Gasteiger partial charge in [0.2, 0.25) is 0 Å². The van der Waals surface area contributed by atoms with Gasteiger partial charge < -0.3 is 5.32 Å². The molecule has 0 spiro atoms. The van der Waals surface area contributed by atoms with Crippen molar-refractivity contribution in [2.75, 3.05) is 0 Å². The Balaban J connectivity index is 1.80. The number of carbonyl (C=O) groups excluding carboxylic acids is 1. The number of hydrogen-bond acceptors (Lipinski definition) is 5. The smallest absolute Gasteiger partial charge is 0.256 e. The molecule has 6 nitrogen and oxygen atoms in total. The van der Waals surface area contributed by atoms with Crippen LogP contribution in [-0.2, 0) is 0 Å². The van der Waals surface area contributed by atoms with Crippen molar-refractivity contribution in [1.29, 1.82) is 0 Å². The van der Waals surface area contributed by atoms with Gasteiger partial charge in [0.1, 0.15) is 18.5 Å². The lowest BCUT2D eigenvalue weighted by Gasteiger charge is -2.14. The van der Waals surface area contributed by atoms with Crippen molar-refractivity contribution in [2.24, 2.45) is 20.0 Å². The SMILES string of the molecule is O=C(NC1=NC=NC2=NC=N[C@@H]21)c1ccccc1. The van der Waals surface area contributed by atoms with Crippen LogP contribution in [0.25, 0.3) is 0 Å². The van der Waals surface area contributed by atoms with Gasteiger partial charge in [-0.1, -0.05) is 18.2 Å². The maximum absolute atomic E-state index is 12.0. The summed E-state index contributed by atoms with van der Waals surface area (Å²) < 4.78 is 0. The maximum Gasteiger partial charge on any atom is 0.256 e. The normalized spacial score (nSPS) is 20.1. The molecule has 0 fully saturated rings. The van der Waals surface area contributed by atoms with Crippen LogP contribution in [-0.4, -0.2) is 36.3 Å². The third-order valence-electron chi connectivity index (χ3n) is 2.57. The fraction of sp³-hybridized carbons (Fsp3) is 0.0833. The number of aliphatic imine (C=N–C) groups is 4. The van der Waals surface area contributed by atoms with Gasteiger partial charge in [-0.15, -0.1) is 0 Å². The van der Waals surface area contributed by atoms with Gasteiger partial charge in [0.25, 0.3) is 5.91 Å². The Hall–Kier alpha value is -2.63. The van der Waals surface area contributed by atoms with Crippen molar-refractivity contribution in [3.8, 4) is 0 Å². The Morgan fingerprint density at radius 1 is 1.11 bits per heavy atom. The summed E-state index contributed by atoms with van der Waals surface area (Å²) in [6.45, 7) is 0. The molecule has 0 aromatic heterocycles. The summed E-state index contributed by atoms with van der Waals surface area (Å²) in [5, 5.41) is 2.73. The predicted octanol–water partition coefficient (Wildman–Crippen LogP) is 0.666. The molecule has 2 aliphatic heterocycles. The predicted molar refractivity (Wildman–Crippen MR) is 69.6 cm³/mol. The zero-order valence-electron chi connectivity index (χ0n) is 9.32. The molecule has 1 amide bonds. The molecule has 88 valence electrons. The lowest BCUT2D eigenvalue weighted by molar-refractivity contribution is 0.0976. The lowest BCUT2D eigenvalue weighted by Crippen LogP contribution is -2.42. The first-order chi connectivity index (χ1) is 8.84. The van der Waals surface area contributed by atoms with Crippen molar-refractivity contribution in [3.63, 3.8) is 0 Å². The van der Waals surface area contributed by atoms with Crippen LogP contribution in [0.1, 0.15) is 10.4 Å². The summed E-state index contributed by atoms with van der Waals surface area (Å²) in [5.74, 6) is 0.783. The fourth-order valence-corrected chi connectivity index (χ4v) is 1.69. The molecule has 0 unspecified atom stereocenters. The first-order valence-corrected chi connectivity index (χ1v) is 5.40. The molecule has 0 saturated heterocycles. The minimum absolute atomic E-state index is 0.217. The molecule has 6 heteroatoms. The Morgan fingerprint density at radius 2 is 1.94 bits per heavy atom. The molecular formula is C12H9N5O. The van der Waals surface area contributed by atoms with Crippen LogP contribution in [0.4, 0.5) is 0 Å². The molecule has 18 heavy (non-hydrogen) atoms. The quantitative estimate of drug-likeness (QED) is 0.767. The molecule has 0 radical (unpaired) electrons. The van der Waals surface area contributed by atoms with E-state index in [1.807, 2.05) is 6.07 Å². The van der Waals surface area contributed by atoms with E-state index in [4.69, 9.17) is 0 Å². The van der Waals surface area contributed by atoms with E-state index in [0.29, 0.717) is 17.2 Å². The lowest BCUT2D eigenvalue weighted by atomic mass is 10.2. The van der Waals surface area contributed by atoms with E-state index >= 15 is 0 Å². The summed E-state index contributed by atoms with van der Waals surface area (Å²) >= 11 is 0. The van der Waals surface area contributed by atoms with Gasteiger partial charge in [0.15, 0.2) is 11.9 Å². The highest BCUT2D eigenvalue weighted by Crippen LogP contribution is 2.08. The van der Waals surface area contributed by atoms with E-state index in [2.05, 4.69) is 25.3 Å². The first kappa shape index (κ1) is 10.5. The van der Waals surface area contributed by atoms with Crippen LogP contribution >= 0.6 is 0 Å². The Bertz CT molecular complexity index is 600. The van der Waals surface area contributed by atoms with Crippen LogP contribution in [0.15, 0.2) is 50.3 Å². The molecule has 0 aliphatic carbocycles. The second-order valence-electron chi connectivity index (χ2n) is 3.73. The molecule has 1 aromatic rings. The number of amides is 1. The van der Waals surface area contributed by atoms with Crippen LogP contribution in [0.5, 0.6) is 0 Å². The number of hydrogen-bond donors (Lipinski definition) is 1. The van der Waals surface area contributed by atoms with Crippen molar-refractivity contribution >= 4 is 30.3 Å². The fourth-order valence-electron chi connectivity index (χ4n) is 1.69. The van der Waals surface area contributed by atoms with Crippen LogP contribution < -0.4 is 5.32 Å². The van der Waals surface area contributed by atoms with Crippen LogP contribution in [0.3, 0.4) is 0 Å². The Labute approximate surface area is 103 Å². The third kappa shape index (κ3) is 1.84. The van der Waals surface area contributed by atoms with Crippen molar-refractivity contribution in [1.82, 2.24) is 5.32 Å². The monoisotopic (exact) mass is 239 g/mol. The van der Waals surface area contributed by atoms with E-state index in [0.717, 1.165) is 0 Å². The van der Waals surface area contributed by atoms with Gasteiger partial charge in [-0.05, 0) is 12.1 Å². The zero-order valence-corrected chi connectivity index (χ0v) is 9.32. The number of rotatable bonds is 1. The number of nitrogens with zero attached hydrogens (tertiary/aromatic N) is 4. The van der Waals surface area contributed by atoms with E-state index < -0.39 is 0 Å². The number of nitrogens with one attached hydrogen (secondary N) is 1. The van der Waals surface area contributed by atoms with Gasteiger partial charge in [-0.25, -0.2) is 15.0 Å². The Kier molecular flexibility index (Phi) is 2.53. The van der Waals surface area contributed by atoms with Crippen LogP contribution in [0, 0.1) is 0 Å². The van der Waals surface area contributed by atoms with Gasteiger partial charge in [0.05, 0.1) is 0 Å². The number of amidine groups is 2. The Morgan fingerprint density at radius 3 is 2.78 bits per heavy atom. The topological polar surface area (TPSA) is 78.5 Å². The summed E-state index contributed by atoms with van der Waals surface area (Å²) in [6.07, 6.45) is 2.79. The molecule has 1 N–H and O–H groups in total. The minimum Gasteiger partial charge on any atom is -0.308 e. The van der Waals surface area contributed by atoms with E-state index in [1.54, 1.807) is 24.3 Å². The summed E-state index contributed by atoms with van der Waals surface area (Å²) in [4.78, 5) is 28.1. The number of carbonyl (C=O) groups is 1. The number of fused-ring (bicyclic) bond motifs is 1. The van der Waals surface area contributed by atoms with Gasteiger partial charge in [-0.3, -0.25) is 9.79 Å². The molecule has 2 heterocycles. The molecule has 1 atom stereocenters. The number of benzene rings is 1. The van der Waals surface area contributed by atoms with Gasteiger partial charge in [0, 0.05) is 5.56 Å². The molecular weight excluding hydrogens is 230 g/mol. The van der Waals surface area contributed by atoms with Crippen LogP contribution in [0.2, 0.25) is 0 Å². The summed E-state index contributed by atoms with van der Waals surface area (Å²) in [5.41, 5.74) is 0.572. The van der Waals surface area contributed by atoms with Gasteiger partial charge in [-0.2, -0.15) is 0 Å². The standard InChI is InChI=1S/C12H9N5O/c18-12(8-4-2-1-3-5-8)17-11-9-10(14-6-13-9)15-7-16-11/h1-7,9H,(H,13,14,15,16,17,18)/t9-/m0/s1. The average Bonchev–Trinajstić information content (AvgIpc) is 2.89. The molecule has 3 rings (SSSR count). The average molecular weight is 239 g/mol. The van der Waals surface area contributed by atoms with E-state index in [9.17, 15) is 4.79 Å². The summed E-state index contributed by atoms with van der Waals surface area (Å²) in [6, 6.07) is 8.55. The molecule has 2 aliphatic rings. The minimum atomic E-state index is -0.386. The van der Waals surface area contributed by atoms with E-state index in [-0.39, 0.29) is 11.9 Å². The second kappa shape index (κ2) is 4.33.